The number of anilines is 1. The Balaban J connectivity index is 1.89. The minimum Gasteiger partial charge on any atom is -0.310 e. The second-order valence-electron chi connectivity index (χ2n) is 4.06. The second kappa shape index (κ2) is 3.56. The Morgan fingerprint density at radius 1 is 1.31 bits per heavy atom. The van der Waals surface area contributed by atoms with Gasteiger partial charge in [-0.05, 0) is 30.4 Å². The number of pyridine rings is 2. The van der Waals surface area contributed by atoms with Gasteiger partial charge in [0.15, 0.2) is 0 Å². The molecule has 0 radical (unpaired) electrons. The Hall–Kier alpha value is -1.97. The molecule has 80 valence electrons. The average Bonchev–Trinajstić information content (AvgIpc) is 3.12. The summed E-state index contributed by atoms with van der Waals surface area (Å²) in [6, 6.07) is 3.78. The molecule has 1 saturated carbocycles. The summed E-state index contributed by atoms with van der Waals surface area (Å²) in [7, 11) is 0. The number of nitrogens with one attached hydrogen (secondary N) is 1. The number of aromatic nitrogens is 2. The lowest BCUT2D eigenvalue weighted by Crippen LogP contribution is -2.14. The molecule has 1 aliphatic carbocycles. The molecule has 2 heterocycles. The van der Waals surface area contributed by atoms with Crippen molar-refractivity contribution in [1.29, 1.82) is 0 Å². The van der Waals surface area contributed by atoms with Crippen molar-refractivity contribution in [3.05, 3.63) is 30.7 Å². The summed E-state index contributed by atoms with van der Waals surface area (Å²) in [4.78, 5) is 19.7. The number of carbonyl (C=O) groups excluding carboxylic acids is 1. The van der Waals surface area contributed by atoms with E-state index in [1.807, 2.05) is 12.1 Å². The van der Waals surface area contributed by atoms with Gasteiger partial charge in [-0.1, -0.05) is 0 Å². The van der Waals surface area contributed by atoms with Crippen LogP contribution >= 0.6 is 0 Å². The van der Waals surface area contributed by atoms with E-state index in [1.165, 1.54) is 0 Å². The fourth-order valence-electron chi connectivity index (χ4n) is 1.62. The lowest BCUT2D eigenvalue weighted by molar-refractivity contribution is -0.117. The monoisotopic (exact) mass is 213 g/mol. The van der Waals surface area contributed by atoms with Crippen molar-refractivity contribution in [3.63, 3.8) is 0 Å². The third-order valence-corrected chi connectivity index (χ3v) is 2.72. The van der Waals surface area contributed by atoms with Gasteiger partial charge in [-0.2, -0.15) is 0 Å². The number of hydrogen-bond donors (Lipinski definition) is 1. The summed E-state index contributed by atoms with van der Waals surface area (Å²) < 4.78 is 0. The SMILES string of the molecule is O=C(Nc1cc2ccncc2cn1)C1CC1. The number of carbonyl (C=O) groups is 1. The third-order valence-electron chi connectivity index (χ3n) is 2.72. The van der Waals surface area contributed by atoms with E-state index in [-0.39, 0.29) is 11.8 Å². The first-order chi connectivity index (χ1) is 7.83. The van der Waals surface area contributed by atoms with Gasteiger partial charge in [0.05, 0.1) is 0 Å². The third kappa shape index (κ3) is 1.74. The molecule has 1 aliphatic rings. The van der Waals surface area contributed by atoms with Crippen molar-refractivity contribution >= 4 is 22.5 Å². The molecular weight excluding hydrogens is 202 g/mol. The summed E-state index contributed by atoms with van der Waals surface area (Å²) in [5.41, 5.74) is 0. The van der Waals surface area contributed by atoms with Gasteiger partial charge < -0.3 is 5.32 Å². The summed E-state index contributed by atoms with van der Waals surface area (Å²) >= 11 is 0. The van der Waals surface area contributed by atoms with Crippen molar-refractivity contribution in [1.82, 2.24) is 9.97 Å². The number of fused-ring (bicyclic) bond motifs is 1. The van der Waals surface area contributed by atoms with Gasteiger partial charge in [0.25, 0.3) is 0 Å². The van der Waals surface area contributed by atoms with Gasteiger partial charge in [0.2, 0.25) is 5.91 Å². The maximum atomic E-state index is 11.5. The smallest absolute Gasteiger partial charge is 0.228 e. The zero-order valence-electron chi connectivity index (χ0n) is 8.68. The van der Waals surface area contributed by atoms with Crippen LogP contribution in [0, 0.1) is 5.92 Å². The molecule has 1 N–H and O–H groups in total. The summed E-state index contributed by atoms with van der Waals surface area (Å²) in [6.07, 6.45) is 7.22. The highest BCUT2D eigenvalue weighted by Crippen LogP contribution is 2.30. The second-order valence-corrected chi connectivity index (χ2v) is 4.06. The Morgan fingerprint density at radius 2 is 2.19 bits per heavy atom. The van der Waals surface area contributed by atoms with Crippen LogP contribution in [0.5, 0.6) is 0 Å². The van der Waals surface area contributed by atoms with E-state index in [4.69, 9.17) is 0 Å². The molecule has 1 fully saturated rings. The van der Waals surface area contributed by atoms with Crippen molar-refractivity contribution in [3.8, 4) is 0 Å². The first-order valence-corrected chi connectivity index (χ1v) is 5.33. The number of hydrogen-bond acceptors (Lipinski definition) is 3. The molecule has 0 unspecified atom stereocenters. The zero-order chi connectivity index (χ0) is 11.0. The average molecular weight is 213 g/mol. The molecule has 16 heavy (non-hydrogen) atoms. The fourth-order valence-corrected chi connectivity index (χ4v) is 1.62. The molecule has 0 bridgehead atoms. The molecule has 0 saturated heterocycles. The molecule has 0 spiro atoms. The molecule has 3 rings (SSSR count). The molecule has 0 aromatic carbocycles. The quantitative estimate of drug-likeness (QED) is 0.829. The van der Waals surface area contributed by atoms with Crippen LogP contribution in [0.3, 0.4) is 0 Å². The van der Waals surface area contributed by atoms with Crippen LogP contribution in [0.1, 0.15) is 12.8 Å². The van der Waals surface area contributed by atoms with Crippen LogP contribution in [0.25, 0.3) is 10.8 Å². The van der Waals surface area contributed by atoms with Gasteiger partial charge in [-0.25, -0.2) is 4.98 Å². The van der Waals surface area contributed by atoms with E-state index in [9.17, 15) is 4.79 Å². The van der Waals surface area contributed by atoms with Crippen LogP contribution in [0.4, 0.5) is 5.82 Å². The van der Waals surface area contributed by atoms with Gasteiger partial charge >= 0.3 is 0 Å². The number of rotatable bonds is 2. The standard InChI is InChI=1S/C12H11N3O/c16-12(8-1-2-8)15-11-5-9-3-4-13-6-10(9)7-14-11/h3-8H,1-2H2,(H,14,15,16). The largest absolute Gasteiger partial charge is 0.310 e. The number of nitrogens with zero attached hydrogens (tertiary/aromatic N) is 2. The van der Waals surface area contributed by atoms with Gasteiger partial charge in [0.1, 0.15) is 5.82 Å². The first-order valence-electron chi connectivity index (χ1n) is 5.33. The Kier molecular flexibility index (Phi) is 2.06. The topological polar surface area (TPSA) is 54.9 Å². The van der Waals surface area contributed by atoms with Crippen molar-refractivity contribution in [2.45, 2.75) is 12.8 Å². The number of amides is 1. The molecule has 4 heteroatoms. The van der Waals surface area contributed by atoms with E-state index < -0.39 is 0 Å². The molecule has 1 amide bonds. The lowest BCUT2D eigenvalue weighted by Gasteiger charge is -2.04. The minimum absolute atomic E-state index is 0.0842. The Bertz CT molecular complexity index is 549. The minimum atomic E-state index is 0.0842. The van der Waals surface area contributed by atoms with Crippen molar-refractivity contribution < 1.29 is 4.79 Å². The maximum absolute atomic E-state index is 11.5. The summed E-state index contributed by atoms with van der Waals surface area (Å²) in [6.45, 7) is 0. The molecule has 0 aliphatic heterocycles. The van der Waals surface area contributed by atoms with Crippen LogP contribution in [-0.2, 0) is 4.79 Å². The van der Waals surface area contributed by atoms with Crippen LogP contribution < -0.4 is 5.32 Å². The lowest BCUT2D eigenvalue weighted by atomic mass is 10.2. The molecule has 4 nitrogen and oxygen atoms in total. The predicted molar refractivity (Wildman–Crippen MR) is 60.9 cm³/mol. The first kappa shape index (κ1) is 9.27. The summed E-state index contributed by atoms with van der Waals surface area (Å²) in [5.74, 6) is 0.909. The van der Waals surface area contributed by atoms with E-state index in [1.54, 1.807) is 18.6 Å². The van der Waals surface area contributed by atoms with Gasteiger partial charge in [0, 0.05) is 29.9 Å². The normalized spacial score (nSPS) is 15.0. The van der Waals surface area contributed by atoms with Crippen LogP contribution in [-0.4, -0.2) is 15.9 Å². The molecule has 2 aromatic heterocycles. The van der Waals surface area contributed by atoms with Gasteiger partial charge in [-0.3, -0.25) is 9.78 Å². The highest BCUT2D eigenvalue weighted by molar-refractivity contribution is 5.95. The summed E-state index contributed by atoms with van der Waals surface area (Å²) in [5, 5.41) is 4.84. The van der Waals surface area contributed by atoms with Crippen LogP contribution in [0.15, 0.2) is 30.7 Å². The highest BCUT2D eigenvalue weighted by atomic mass is 16.2. The highest BCUT2D eigenvalue weighted by Gasteiger charge is 2.29. The van der Waals surface area contributed by atoms with Crippen LogP contribution in [0.2, 0.25) is 0 Å². The van der Waals surface area contributed by atoms with E-state index in [2.05, 4.69) is 15.3 Å². The molecule has 0 atom stereocenters. The Labute approximate surface area is 92.7 Å². The maximum Gasteiger partial charge on any atom is 0.228 e. The molecule has 2 aromatic rings. The fraction of sp³-hybridized carbons (Fsp3) is 0.250. The van der Waals surface area contributed by atoms with Gasteiger partial charge in [-0.15, -0.1) is 0 Å². The molecular formula is C12H11N3O. The predicted octanol–water partition coefficient (Wildman–Crippen LogP) is 1.98. The van der Waals surface area contributed by atoms with Crippen molar-refractivity contribution in [2.24, 2.45) is 5.92 Å². The van der Waals surface area contributed by atoms with E-state index in [0.29, 0.717) is 5.82 Å². The van der Waals surface area contributed by atoms with E-state index in [0.717, 1.165) is 23.6 Å². The van der Waals surface area contributed by atoms with Crippen molar-refractivity contribution in [2.75, 3.05) is 5.32 Å². The Morgan fingerprint density at radius 3 is 3.00 bits per heavy atom. The zero-order valence-corrected chi connectivity index (χ0v) is 8.68. The van der Waals surface area contributed by atoms with E-state index >= 15 is 0 Å².